The lowest BCUT2D eigenvalue weighted by molar-refractivity contribution is 0.199. The van der Waals surface area contributed by atoms with Crippen LogP contribution in [0, 0.1) is 0 Å². The monoisotopic (exact) mass is 244 g/mol. The molecule has 1 rings (SSSR count). The van der Waals surface area contributed by atoms with E-state index in [-0.39, 0.29) is 0 Å². The molecule has 0 radical (unpaired) electrons. The van der Waals surface area contributed by atoms with Gasteiger partial charge in [-0.15, -0.1) is 0 Å². The van der Waals surface area contributed by atoms with E-state index >= 15 is 0 Å². The lowest BCUT2D eigenvalue weighted by Crippen LogP contribution is -2.19. The molecule has 0 amide bonds. The molecule has 0 saturated heterocycles. The minimum absolute atomic E-state index is 0.727. The Morgan fingerprint density at radius 1 is 1.62 bits per heavy atom. The Kier molecular flexibility index (Phi) is 4.97. The summed E-state index contributed by atoms with van der Waals surface area (Å²) in [6.45, 7) is 2.34. The average Bonchev–Trinajstić information content (AvgIpc) is 2.15. The Balaban J connectivity index is 2.32. The highest BCUT2D eigenvalue weighted by Gasteiger charge is 1.97. The standard InChI is InChI=1S/C9H13BrN2O/c1-13-6-5-11-7-9-8(10)3-2-4-12-9/h2-4,11H,5-7H2,1H3. The third kappa shape index (κ3) is 3.85. The highest BCUT2D eigenvalue weighted by atomic mass is 79.9. The fraction of sp³-hybridized carbons (Fsp3) is 0.444. The van der Waals surface area contributed by atoms with E-state index in [1.165, 1.54) is 0 Å². The van der Waals surface area contributed by atoms with Crippen LogP contribution >= 0.6 is 15.9 Å². The molecule has 0 saturated carbocycles. The normalized spacial score (nSPS) is 10.3. The fourth-order valence-corrected chi connectivity index (χ4v) is 1.32. The van der Waals surface area contributed by atoms with E-state index in [1.54, 1.807) is 13.3 Å². The second-order valence-electron chi connectivity index (χ2n) is 2.60. The average molecular weight is 245 g/mol. The van der Waals surface area contributed by atoms with Gasteiger partial charge in [-0.3, -0.25) is 4.98 Å². The first kappa shape index (κ1) is 10.6. The molecule has 13 heavy (non-hydrogen) atoms. The van der Waals surface area contributed by atoms with Crippen LogP contribution < -0.4 is 5.32 Å². The number of nitrogens with one attached hydrogen (secondary N) is 1. The Labute approximate surface area is 86.6 Å². The third-order valence-electron chi connectivity index (χ3n) is 1.61. The van der Waals surface area contributed by atoms with Gasteiger partial charge in [0.25, 0.3) is 0 Å². The van der Waals surface area contributed by atoms with Crippen LogP contribution in [0.4, 0.5) is 0 Å². The Bertz CT molecular complexity index is 255. The van der Waals surface area contributed by atoms with Crippen molar-refractivity contribution in [3.8, 4) is 0 Å². The number of halogens is 1. The van der Waals surface area contributed by atoms with Crippen LogP contribution in [0.1, 0.15) is 5.69 Å². The summed E-state index contributed by atoms with van der Waals surface area (Å²) in [5.41, 5.74) is 1.03. The Morgan fingerprint density at radius 2 is 2.46 bits per heavy atom. The quantitative estimate of drug-likeness (QED) is 0.800. The summed E-state index contributed by atoms with van der Waals surface area (Å²) in [6.07, 6.45) is 1.79. The summed E-state index contributed by atoms with van der Waals surface area (Å²) in [6, 6.07) is 3.89. The van der Waals surface area contributed by atoms with Crippen LogP contribution in [-0.4, -0.2) is 25.2 Å². The van der Waals surface area contributed by atoms with Crippen LogP contribution in [-0.2, 0) is 11.3 Å². The van der Waals surface area contributed by atoms with Crippen molar-refractivity contribution in [1.82, 2.24) is 10.3 Å². The molecule has 0 atom stereocenters. The number of pyridine rings is 1. The first-order valence-corrected chi connectivity index (χ1v) is 4.93. The van der Waals surface area contributed by atoms with Gasteiger partial charge in [0.05, 0.1) is 12.3 Å². The molecule has 72 valence electrons. The predicted molar refractivity (Wildman–Crippen MR) is 55.5 cm³/mol. The van der Waals surface area contributed by atoms with E-state index in [0.717, 1.165) is 29.9 Å². The van der Waals surface area contributed by atoms with Gasteiger partial charge in [-0.05, 0) is 28.1 Å². The summed E-state index contributed by atoms with van der Waals surface area (Å²) in [7, 11) is 1.69. The third-order valence-corrected chi connectivity index (χ3v) is 2.33. The highest BCUT2D eigenvalue weighted by molar-refractivity contribution is 9.10. The molecule has 4 heteroatoms. The van der Waals surface area contributed by atoms with E-state index in [4.69, 9.17) is 4.74 Å². The molecule has 0 unspecified atom stereocenters. The fourth-order valence-electron chi connectivity index (χ4n) is 0.929. The molecule has 0 aliphatic heterocycles. The number of ether oxygens (including phenoxy) is 1. The summed E-state index contributed by atoms with van der Waals surface area (Å²) in [4.78, 5) is 4.23. The number of aromatic nitrogens is 1. The van der Waals surface area contributed by atoms with Crippen molar-refractivity contribution < 1.29 is 4.74 Å². The highest BCUT2D eigenvalue weighted by Crippen LogP contribution is 2.12. The molecule has 0 fully saturated rings. The van der Waals surface area contributed by atoms with Gasteiger partial charge >= 0.3 is 0 Å². The lowest BCUT2D eigenvalue weighted by Gasteiger charge is -2.04. The first-order chi connectivity index (χ1) is 6.34. The summed E-state index contributed by atoms with van der Waals surface area (Å²) >= 11 is 3.43. The Morgan fingerprint density at radius 3 is 3.15 bits per heavy atom. The minimum Gasteiger partial charge on any atom is -0.383 e. The number of hydrogen-bond acceptors (Lipinski definition) is 3. The number of nitrogens with zero attached hydrogens (tertiary/aromatic N) is 1. The van der Waals surface area contributed by atoms with Crippen molar-refractivity contribution >= 4 is 15.9 Å². The summed E-state index contributed by atoms with van der Waals surface area (Å²) < 4.78 is 5.96. The van der Waals surface area contributed by atoms with Gasteiger partial charge < -0.3 is 10.1 Å². The summed E-state index contributed by atoms with van der Waals surface area (Å²) in [5, 5.41) is 3.23. The molecule has 0 spiro atoms. The van der Waals surface area contributed by atoms with Crippen molar-refractivity contribution in [2.24, 2.45) is 0 Å². The van der Waals surface area contributed by atoms with Crippen molar-refractivity contribution in [3.63, 3.8) is 0 Å². The van der Waals surface area contributed by atoms with Gasteiger partial charge in [0.2, 0.25) is 0 Å². The van der Waals surface area contributed by atoms with E-state index < -0.39 is 0 Å². The van der Waals surface area contributed by atoms with Gasteiger partial charge in [0.1, 0.15) is 0 Å². The van der Waals surface area contributed by atoms with Crippen molar-refractivity contribution in [2.75, 3.05) is 20.3 Å². The van der Waals surface area contributed by atoms with E-state index in [0.29, 0.717) is 0 Å². The molecule has 3 nitrogen and oxygen atoms in total. The number of methoxy groups -OCH3 is 1. The van der Waals surface area contributed by atoms with E-state index in [9.17, 15) is 0 Å². The smallest absolute Gasteiger partial charge is 0.0683 e. The van der Waals surface area contributed by atoms with E-state index in [2.05, 4.69) is 26.2 Å². The topological polar surface area (TPSA) is 34.1 Å². The molecule has 1 N–H and O–H groups in total. The largest absolute Gasteiger partial charge is 0.383 e. The second-order valence-corrected chi connectivity index (χ2v) is 3.46. The molecule has 0 aliphatic carbocycles. The van der Waals surface area contributed by atoms with Gasteiger partial charge in [0, 0.05) is 30.9 Å². The zero-order chi connectivity index (χ0) is 9.52. The van der Waals surface area contributed by atoms with Crippen LogP contribution in [0.15, 0.2) is 22.8 Å². The zero-order valence-corrected chi connectivity index (χ0v) is 9.17. The van der Waals surface area contributed by atoms with E-state index in [1.807, 2.05) is 12.1 Å². The SMILES string of the molecule is COCCNCc1ncccc1Br. The van der Waals surface area contributed by atoms with Crippen molar-refractivity contribution in [2.45, 2.75) is 6.54 Å². The second kappa shape index (κ2) is 6.07. The molecule has 0 aromatic carbocycles. The molecule has 1 aromatic rings. The van der Waals surface area contributed by atoms with Crippen molar-refractivity contribution in [1.29, 1.82) is 0 Å². The van der Waals surface area contributed by atoms with Crippen LogP contribution in [0.25, 0.3) is 0 Å². The van der Waals surface area contributed by atoms with Gasteiger partial charge in [0.15, 0.2) is 0 Å². The molecular weight excluding hydrogens is 232 g/mol. The van der Waals surface area contributed by atoms with Crippen LogP contribution in [0.2, 0.25) is 0 Å². The van der Waals surface area contributed by atoms with Crippen molar-refractivity contribution in [3.05, 3.63) is 28.5 Å². The molecule has 0 bridgehead atoms. The molecule has 0 aliphatic rings. The first-order valence-electron chi connectivity index (χ1n) is 4.13. The predicted octanol–water partition coefficient (Wildman–Crippen LogP) is 1.58. The lowest BCUT2D eigenvalue weighted by atomic mass is 10.3. The Hall–Kier alpha value is -0.450. The molecule has 1 heterocycles. The summed E-state index contributed by atoms with van der Waals surface area (Å²) in [5.74, 6) is 0. The van der Waals surface area contributed by atoms with Gasteiger partial charge in [-0.2, -0.15) is 0 Å². The maximum Gasteiger partial charge on any atom is 0.0683 e. The zero-order valence-electron chi connectivity index (χ0n) is 7.59. The maximum atomic E-state index is 4.92. The van der Waals surface area contributed by atoms with Gasteiger partial charge in [-0.25, -0.2) is 0 Å². The van der Waals surface area contributed by atoms with Gasteiger partial charge in [-0.1, -0.05) is 0 Å². The number of rotatable bonds is 5. The molecule has 1 aromatic heterocycles. The molecular formula is C9H13BrN2O. The van der Waals surface area contributed by atoms with Crippen LogP contribution in [0.5, 0.6) is 0 Å². The number of hydrogen-bond donors (Lipinski definition) is 1. The maximum absolute atomic E-state index is 4.92. The minimum atomic E-state index is 0.727. The van der Waals surface area contributed by atoms with Crippen LogP contribution in [0.3, 0.4) is 0 Å².